The summed E-state index contributed by atoms with van der Waals surface area (Å²) < 4.78 is 16.3. The van der Waals surface area contributed by atoms with E-state index in [-0.39, 0.29) is 48.5 Å². The van der Waals surface area contributed by atoms with Gasteiger partial charge in [-0.05, 0) is 59.3 Å². The largest absolute Gasteiger partial charge is 0.349 e. The molecule has 1 aromatic heterocycles. The van der Waals surface area contributed by atoms with Crippen molar-refractivity contribution in [3.8, 4) is 11.1 Å². The molecular weight excluding hydrogens is 578 g/mol. The van der Waals surface area contributed by atoms with E-state index >= 15 is 0 Å². The Morgan fingerprint density at radius 1 is 1.17 bits per heavy atom. The highest BCUT2D eigenvalue weighted by molar-refractivity contribution is 14.1. The van der Waals surface area contributed by atoms with Gasteiger partial charge in [0.25, 0.3) is 5.91 Å². The van der Waals surface area contributed by atoms with Gasteiger partial charge in [-0.1, -0.05) is 19.1 Å². The molecular formula is C25H32FIN6O3. The Kier molecular flexibility index (Phi) is 8.62. The van der Waals surface area contributed by atoms with Crippen molar-refractivity contribution in [2.45, 2.75) is 25.8 Å². The SMILES string of the molecule is C[C@@H](CC(=O)NNC(=O)C[C@@H]1CNC(=O)c2cc(-c3cccc(F)c3)c(I)n21)CN1CCN(C)CC1. The molecule has 0 bridgehead atoms. The van der Waals surface area contributed by atoms with Crippen molar-refractivity contribution in [1.82, 2.24) is 30.5 Å². The van der Waals surface area contributed by atoms with Gasteiger partial charge in [0.05, 0.1) is 16.2 Å². The van der Waals surface area contributed by atoms with E-state index in [0.29, 0.717) is 17.7 Å². The minimum Gasteiger partial charge on any atom is -0.349 e. The lowest BCUT2D eigenvalue weighted by molar-refractivity contribution is -0.129. The number of hydrogen-bond donors (Lipinski definition) is 3. The number of carbonyl (C=O) groups is 3. The van der Waals surface area contributed by atoms with Gasteiger partial charge in [0.1, 0.15) is 11.5 Å². The highest BCUT2D eigenvalue weighted by atomic mass is 127. The molecule has 1 fully saturated rings. The van der Waals surface area contributed by atoms with Crippen LogP contribution in [0.3, 0.4) is 0 Å². The van der Waals surface area contributed by atoms with E-state index in [2.05, 4.69) is 55.6 Å². The second-order valence-electron chi connectivity index (χ2n) is 9.69. The van der Waals surface area contributed by atoms with E-state index in [1.165, 1.54) is 12.1 Å². The zero-order chi connectivity index (χ0) is 25.8. The van der Waals surface area contributed by atoms with Crippen molar-refractivity contribution in [3.63, 3.8) is 0 Å². The third-order valence-corrected chi connectivity index (χ3v) is 7.77. The molecule has 2 aromatic rings. The molecule has 2 atom stereocenters. The summed E-state index contributed by atoms with van der Waals surface area (Å²) >= 11 is 2.13. The molecule has 0 spiro atoms. The van der Waals surface area contributed by atoms with Gasteiger partial charge in [-0.3, -0.25) is 25.2 Å². The maximum atomic E-state index is 13.8. The number of amides is 3. The van der Waals surface area contributed by atoms with Crippen LogP contribution in [-0.4, -0.2) is 78.4 Å². The number of hydrazine groups is 1. The Labute approximate surface area is 223 Å². The van der Waals surface area contributed by atoms with E-state index in [0.717, 1.165) is 42.0 Å². The molecule has 3 heterocycles. The quantitative estimate of drug-likeness (QED) is 0.329. The van der Waals surface area contributed by atoms with Crippen LogP contribution >= 0.6 is 22.6 Å². The summed E-state index contributed by atoms with van der Waals surface area (Å²) in [7, 11) is 2.11. The van der Waals surface area contributed by atoms with Crippen LogP contribution in [0.1, 0.15) is 36.3 Å². The van der Waals surface area contributed by atoms with Crippen LogP contribution in [0.2, 0.25) is 0 Å². The summed E-state index contributed by atoms with van der Waals surface area (Å²) in [6.07, 6.45) is 0.389. The fourth-order valence-electron chi connectivity index (χ4n) is 4.76. The molecule has 0 aliphatic carbocycles. The molecule has 36 heavy (non-hydrogen) atoms. The van der Waals surface area contributed by atoms with Crippen molar-refractivity contribution in [3.05, 3.63) is 45.5 Å². The lowest BCUT2D eigenvalue weighted by atomic mass is 10.1. The highest BCUT2D eigenvalue weighted by Gasteiger charge is 2.31. The molecule has 4 rings (SSSR count). The number of likely N-dealkylation sites (N-methyl/N-ethyl adjacent to an activating group) is 1. The summed E-state index contributed by atoms with van der Waals surface area (Å²) in [5, 5.41) is 2.82. The lowest BCUT2D eigenvalue weighted by Crippen LogP contribution is -2.47. The maximum Gasteiger partial charge on any atom is 0.268 e. The van der Waals surface area contributed by atoms with Gasteiger partial charge in [-0.25, -0.2) is 4.39 Å². The predicted molar refractivity (Wildman–Crippen MR) is 143 cm³/mol. The molecule has 1 aromatic carbocycles. The number of nitrogens with zero attached hydrogens (tertiary/aromatic N) is 3. The highest BCUT2D eigenvalue weighted by Crippen LogP contribution is 2.34. The van der Waals surface area contributed by atoms with Crippen LogP contribution in [0, 0.1) is 15.4 Å². The Balaban J connectivity index is 1.32. The number of halogens is 2. The number of piperazine rings is 1. The first-order valence-electron chi connectivity index (χ1n) is 12.1. The molecule has 11 heteroatoms. The Morgan fingerprint density at radius 3 is 2.61 bits per heavy atom. The Bertz CT molecular complexity index is 1130. The molecule has 3 N–H and O–H groups in total. The molecule has 2 aliphatic heterocycles. The smallest absolute Gasteiger partial charge is 0.268 e. The molecule has 0 saturated carbocycles. The van der Waals surface area contributed by atoms with Crippen molar-refractivity contribution < 1.29 is 18.8 Å². The van der Waals surface area contributed by atoms with Crippen LogP contribution < -0.4 is 16.2 Å². The lowest BCUT2D eigenvalue weighted by Gasteiger charge is -2.33. The molecule has 194 valence electrons. The van der Waals surface area contributed by atoms with Crippen LogP contribution in [0.5, 0.6) is 0 Å². The zero-order valence-electron chi connectivity index (χ0n) is 20.5. The number of hydrogen-bond acceptors (Lipinski definition) is 5. The summed E-state index contributed by atoms with van der Waals surface area (Å²) in [5.74, 6) is -1.01. The van der Waals surface area contributed by atoms with Crippen molar-refractivity contribution in [1.29, 1.82) is 0 Å². The first kappa shape index (κ1) is 26.6. The van der Waals surface area contributed by atoms with E-state index in [9.17, 15) is 18.8 Å². The first-order valence-corrected chi connectivity index (χ1v) is 13.2. The molecule has 0 unspecified atom stereocenters. The number of benzene rings is 1. The minimum absolute atomic E-state index is 0.0671. The molecule has 0 radical (unpaired) electrons. The van der Waals surface area contributed by atoms with E-state index < -0.39 is 0 Å². The topological polar surface area (TPSA) is 98.7 Å². The second-order valence-corrected chi connectivity index (χ2v) is 10.7. The number of rotatable bonds is 7. The number of aromatic nitrogens is 1. The summed E-state index contributed by atoms with van der Waals surface area (Å²) in [6, 6.07) is 7.58. The third-order valence-electron chi connectivity index (χ3n) is 6.67. The fourth-order valence-corrected chi connectivity index (χ4v) is 5.88. The Morgan fingerprint density at radius 2 is 1.89 bits per heavy atom. The van der Waals surface area contributed by atoms with Crippen LogP contribution in [0.25, 0.3) is 11.1 Å². The zero-order valence-corrected chi connectivity index (χ0v) is 22.7. The number of fused-ring (bicyclic) bond motifs is 1. The monoisotopic (exact) mass is 610 g/mol. The van der Waals surface area contributed by atoms with Gasteiger partial charge in [-0.15, -0.1) is 0 Å². The Hall–Kier alpha value is -2.51. The van der Waals surface area contributed by atoms with Crippen LogP contribution in [0.4, 0.5) is 4.39 Å². The fraction of sp³-hybridized carbons (Fsp3) is 0.480. The van der Waals surface area contributed by atoms with E-state index in [1.807, 2.05) is 11.5 Å². The molecule has 2 aliphatic rings. The van der Waals surface area contributed by atoms with E-state index in [1.54, 1.807) is 18.2 Å². The average Bonchev–Trinajstić information content (AvgIpc) is 3.19. The standard InChI is InChI=1S/C25H32FIN6O3/c1-16(15-32-8-6-31(2)7-9-32)10-22(34)29-30-23(35)12-19-14-28-25(36)21-13-20(24(27)33(19)21)17-4-3-5-18(26)11-17/h3-5,11,13,16,19H,6-10,12,14-15H2,1-2H3,(H,28,36)(H,29,34)(H,30,35)/t16-,19+/m0/s1. The summed E-state index contributed by atoms with van der Waals surface area (Å²) in [6.45, 7) is 7.22. The van der Waals surface area contributed by atoms with Gasteiger partial charge in [-0.2, -0.15) is 0 Å². The van der Waals surface area contributed by atoms with Gasteiger partial charge >= 0.3 is 0 Å². The van der Waals surface area contributed by atoms with E-state index in [4.69, 9.17) is 0 Å². The number of carbonyl (C=O) groups excluding carboxylic acids is 3. The van der Waals surface area contributed by atoms with Gasteiger partial charge < -0.3 is 19.7 Å². The first-order chi connectivity index (χ1) is 17.2. The number of nitrogens with one attached hydrogen (secondary N) is 3. The van der Waals surface area contributed by atoms with Gasteiger partial charge in [0, 0.05) is 51.3 Å². The normalized spacial score (nSPS) is 19.3. The van der Waals surface area contributed by atoms with Crippen molar-refractivity contribution in [2.24, 2.45) is 5.92 Å². The molecule has 3 amide bonds. The van der Waals surface area contributed by atoms with Crippen LogP contribution in [0.15, 0.2) is 30.3 Å². The summed E-state index contributed by atoms with van der Waals surface area (Å²) in [5.41, 5.74) is 6.86. The third kappa shape index (κ3) is 6.43. The minimum atomic E-state index is -0.360. The average molecular weight is 610 g/mol. The second kappa shape index (κ2) is 11.7. The maximum absolute atomic E-state index is 13.8. The summed E-state index contributed by atoms with van der Waals surface area (Å²) in [4.78, 5) is 42.2. The van der Waals surface area contributed by atoms with Gasteiger partial charge in [0.15, 0.2) is 0 Å². The van der Waals surface area contributed by atoms with Crippen molar-refractivity contribution in [2.75, 3.05) is 46.3 Å². The molecule has 1 saturated heterocycles. The van der Waals surface area contributed by atoms with Gasteiger partial charge in [0.2, 0.25) is 11.8 Å². The predicted octanol–water partition coefficient (Wildman–Crippen LogP) is 1.99. The van der Waals surface area contributed by atoms with Crippen LogP contribution in [-0.2, 0) is 9.59 Å². The van der Waals surface area contributed by atoms with Crippen molar-refractivity contribution >= 4 is 40.3 Å². The molecule has 9 nitrogen and oxygen atoms in total.